The van der Waals surface area contributed by atoms with Crippen molar-refractivity contribution >= 4 is 44.2 Å². The number of imidazole rings is 1. The van der Waals surface area contributed by atoms with Crippen LogP contribution >= 0.6 is 11.3 Å². The van der Waals surface area contributed by atoms with Crippen LogP contribution in [0, 0.1) is 0 Å². The van der Waals surface area contributed by atoms with E-state index in [1.165, 1.54) is 24.5 Å². The van der Waals surface area contributed by atoms with Gasteiger partial charge in [0.2, 0.25) is 5.91 Å². The van der Waals surface area contributed by atoms with E-state index in [0.29, 0.717) is 16.5 Å². The summed E-state index contributed by atoms with van der Waals surface area (Å²) in [5.41, 5.74) is 2.71. The van der Waals surface area contributed by atoms with E-state index < -0.39 is 0 Å². The molecule has 4 aromatic rings. The van der Waals surface area contributed by atoms with Crippen LogP contribution in [-0.2, 0) is 4.79 Å². The maximum atomic E-state index is 12.7. The standard InChI is InChI=1S/C19H15N5O2S/c1-12(25)21-13-7-8-15-17(9-13)27-19(22-15)23-18(26)16-10-20-11-24(16)14-5-3-2-4-6-14/h2-11H,1H3,(H,21,25)(H,22,23,26). The highest BCUT2D eigenvalue weighted by atomic mass is 32.1. The summed E-state index contributed by atoms with van der Waals surface area (Å²) in [6.07, 6.45) is 3.12. The first-order valence-electron chi connectivity index (χ1n) is 8.17. The molecule has 134 valence electrons. The minimum atomic E-state index is -0.294. The molecule has 0 radical (unpaired) electrons. The van der Waals surface area contributed by atoms with Gasteiger partial charge in [-0.05, 0) is 30.3 Å². The number of para-hydroxylation sites is 1. The molecule has 0 saturated carbocycles. The molecule has 8 heteroatoms. The Labute approximate surface area is 158 Å². The van der Waals surface area contributed by atoms with Gasteiger partial charge in [0.15, 0.2) is 5.13 Å². The minimum absolute atomic E-state index is 0.137. The lowest BCUT2D eigenvalue weighted by Crippen LogP contribution is -2.15. The SMILES string of the molecule is CC(=O)Nc1ccc2nc(NC(=O)c3cncn3-c3ccccc3)sc2c1. The number of hydrogen-bond donors (Lipinski definition) is 2. The van der Waals surface area contributed by atoms with Crippen LogP contribution in [0.1, 0.15) is 17.4 Å². The lowest BCUT2D eigenvalue weighted by molar-refractivity contribution is -0.114. The van der Waals surface area contributed by atoms with E-state index in [1.807, 2.05) is 36.4 Å². The number of amides is 2. The van der Waals surface area contributed by atoms with E-state index in [-0.39, 0.29) is 11.8 Å². The third-order valence-corrected chi connectivity index (χ3v) is 4.77. The number of fused-ring (bicyclic) bond motifs is 1. The molecule has 4 rings (SSSR count). The summed E-state index contributed by atoms with van der Waals surface area (Å²) in [4.78, 5) is 32.4. The van der Waals surface area contributed by atoms with Crippen molar-refractivity contribution in [2.45, 2.75) is 6.92 Å². The summed E-state index contributed by atoms with van der Waals surface area (Å²) in [5, 5.41) is 6.04. The summed E-state index contributed by atoms with van der Waals surface area (Å²) in [5.74, 6) is -0.431. The van der Waals surface area contributed by atoms with Gasteiger partial charge < -0.3 is 5.32 Å². The number of anilines is 2. The second-order valence-corrected chi connectivity index (χ2v) is 6.85. The van der Waals surface area contributed by atoms with E-state index >= 15 is 0 Å². The summed E-state index contributed by atoms with van der Waals surface area (Å²) in [6.45, 7) is 1.46. The van der Waals surface area contributed by atoms with E-state index in [4.69, 9.17) is 0 Å². The Kier molecular flexibility index (Phi) is 4.39. The van der Waals surface area contributed by atoms with Gasteiger partial charge in [0.1, 0.15) is 5.69 Å². The second kappa shape index (κ2) is 7.00. The molecule has 27 heavy (non-hydrogen) atoms. The Hall–Kier alpha value is -3.52. The molecular formula is C19H15N5O2S. The van der Waals surface area contributed by atoms with Crippen molar-refractivity contribution in [2.24, 2.45) is 0 Å². The smallest absolute Gasteiger partial charge is 0.276 e. The van der Waals surface area contributed by atoms with Gasteiger partial charge in [-0.3, -0.25) is 19.5 Å². The number of nitrogens with zero attached hydrogens (tertiary/aromatic N) is 3. The zero-order valence-corrected chi connectivity index (χ0v) is 15.2. The van der Waals surface area contributed by atoms with Gasteiger partial charge in [-0.2, -0.15) is 0 Å². The highest BCUT2D eigenvalue weighted by Crippen LogP contribution is 2.28. The van der Waals surface area contributed by atoms with Crippen LogP contribution in [0.2, 0.25) is 0 Å². The van der Waals surface area contributed by atoms with Gasteiger partial charge in [-0.25, -0.2) is 9.97 Å². The maximum Gasteiger partial charge on any atom is 0.276 e. The summed E-state index contributed by atoms with van der Waals surface area (Å²) in [6, 6.07) is 14.9. The van der Waals surface area contributed by atoms with Gasteiger partial charge in [-0.1, -0.05) is 29.5 Å². The zero-order valence-electron chi connectivity index (χ0n) is 14.3. The fourth-order valence-electron chi connectivity index (χ4n) is 2.68. The molecule has 2 aromatic heterocycles. The molecule has 0 aliphatic rings. The van der Waals surface area contributed by atoms with Gasteiger partial charge in [0.05, 0.1) is 22.7 Å². The molecule has 2 N–H and O–H groups in total. The first-order chi connectivity index (χ1) is 13.1. The average molecular weight is 377 g/mol. The van der Waals surface area contributed by atoms with Gasteiger partial charge in [0.25, 0.3) is 5.91 Å². The number of rotatable bonds is 4. The van der Waals surface area contributed by atoms with E-state index in [9.17, 15) is 9.59 Å². The molecule has 7 nitrogen and oxygen atoms in total. The molecule has 2 aromatic carbocycles. The van der Waals surface area contributed by atoms with Crippen molar-refractivity contribution in [3.8, 4) is 5.69 Å². The first-order valence-corrected chi connectivity index (χ1v) is 8.99. The number of aromatic nitrogens is 3. The van der Waals surface area contributed by atoms with E-state index in [0.717, 1.165) is 15.9 Å². The molecule has 0 saturated heterocycles. The molecule has 0 aliphatic heterocycles. The summed E-state index contributed by atoms with van der Waals surface area (Å²) >= 11 is 1.34. The number of thiazole rings is 1. The number of benzene rings is 2. The molecule has 0 unspecified atom stereocenters. The average Bonchev–Trinajstić information content (AvgIpc) is 3.28. The van der Waals surface area contributed by atoms with Crippen molar-refractivity contribution in [3.05, 3.63) is 66.7 Å². The fourth-order valence-corrected chi connectivity index (χ4v) is 3.58. The molecule has 0 bridgehead atoms. The molecule has 0 aliphatic carbocycles. The second-order valence-electron chi connectivity index (χ2n) is 5.82. The van der Waals surface area contributed by atoms with E-state index in [2.05, 4.69) is 20.6 Å². The molecule has 0 fully saturated rings. The third kappa shape index (κ3) is 3.56. The first kappa shape index (κ1) is 16.9. The predicted octanol–water partition coefficient (Wildman–Crippen LogP) is 3.69. The van der Waals surface area contributed by atoms with Crippen LogP contribution < -0.4 is 10.6 Å². The molecule has 0 spiro atoms. The van der Waals surface area contributed by atoms with Gasteiger partial charge in [0, 0.05) is 18.3 Å². The normalized spacial score (nSPS) is 10.7. The maximum absolute atomic E-state index is 12.7. The zero-order chi connectivity index (χ0) is 18.8. The van der Waals surface area contributed by atoms with Crippen molar-refractivity contribution in [3.63, 3.8) is 0 Å². The summed E-state index contributed by atoms with van der Waals surface area (Å²) < 4.78 is 2.59. The number of carbonyl (C=O) groups excluding carboxylic acids is 2. The van der Waals surface area contributed by atoms with Crippen LogP contribution in [-0.4, -0.2) is 26.3 Å². The van der Waals surface area contributed by atoms with Crippen LogP contribution in [0.5, 0.6) is 0 Å². The highest BCUT2D eigenvalue weighted by Gasteiger charge is 2.15. The van der Waals surface area contributed by atoms with Gasteiger partial charge >= 0.3 is 0 Å². The van der Waals surface area contributed by atoms with E-state index in [1.54, 1.807) is 23.0 Å². The third-order valence-electron chi connectivity index (χ3n) is 3.83. The molecule has 2 amide bonds. The topological polar surface area (TPSA) is 88.9 Å². The quantitative estimate of drug-likeness (QED) is 0.568. The molecular weight excluding hydrogens is 362 g/mol. The van der Waals surface area contributed by atoms with Crippen molar-refractivity contribution in [1.82, 2.24) is 14.5 Å². The number of carbonyl (C=O) groups is 2. The Bertz CT molecular complexity index is 1130. The Balaban J connectivity index is 1.59. The van der Waals surface area contributed by atoms with Crippen molar-refractivity contribution in [1.29, 1.82) is 0 Å². The largest absolute Gasteiger partial charge is 0.326 e. The van der Waals surface area contributed by atoms with Crippen molar-refractivity contribution < 1.29 is 9.59 Å². The van der Waals surface area contributed by atoms with Crippen LogP contribution in [0.3, 0.4) is 0 Å². The van der Waals surface area contributed by atoms with Gasteiger partial charge in [-0.15, -0.1) is 0 Å². The van der Waals surface area contributed by atoms with Crippen molar-refractivity contribution in [2.75, 3.05) is 10.6 Å². The Morgan fingerprint density at radius 3 is 2.67 bits per heavy atom. The lowest BCUT2D eigenvalue weighted by Gasteiger charge is -2.07. The lowest BCUT2D eigenvalue weighted by atomic mass is 10.3. The van der Waals surface area contributed by atoms with Crippen LogP contribution in [0.4, 0.5) is 10.8 Å². The predicted molar refractivity (Wildman–Crippen MR) is 105 cm³/mol. The Morgan fingerprint density at radius 1 is 1.07 bits per heavy atom. The molecule has 0 atom stereocenters. The highest BCUT2D eigenvalue weighted by molar-refractivity contribution is 7.22. The fraction of sp³-hybridized carbons (Fsp3) is 0.0526. The monoisotopic (exact) mass is 377 g/mol. The van der Waals surface area contributed by atoms with Crippen LogP contribution in [0.25, 0.3) is 15.9 Å². The molecule has 2 heterocycles. The van der Waals surface area contributed by atoms with Crippen LogP contribution in [0.15, 0.2) is 61.1 Å². The number of nitrogens with one attached hydrogen (secondary N) is 2. The minimum Gasteiger partial charge on any atom is -0.326 e. The number of hydrogen-bond acceptors (Lipinski definition) is 5. The Morgan fingerprint density at radius 2 is 1.89 bits per heavy atom. The summed E-state index contributed by atoms with van der Waals surface area (Å²) in [7, 11) is 0.